The zero-order chi connectivity index (χ0) is 5.98. The van der Waals surface area contributed by atoms with Crippen LogP contribution in [0.5, 0.6) is 5.75 Å². The molecule has 0 aliphatic carbocycles. The fourth-order valence-electron chi connectivity index (χ4n) is 0.556. The highest BCUT2D eigenvalue weighted by molar-refractivity contribution is 5.35. The average Bonchev–Trinajstić information content (AvgIpc) is 1.64. The Morgan fingerprint density at radius 3 is 2.33 bits per heavy atom. The van der Waals surface area contributed by atoms with Gasteiger partial charge in [0.15, 0.2) is 0 Å². The van der Waals surface area contributed by atoms with Gasteiger partial charge in [-0.05, 0) is 12.1 Å². The predicted octanol–water partition coefficient (Wildman–Crippen LogP) is -2.73. The van der Waals surface area contributed by atoms with Crippen molar-refractivity contribution in [2.45, 2.75) is 0 Å². The lowest BCUT2D eigenvalue weighted by Crippen LogP contribution is -3.00. The summed E-state index contributed by atoms with van der Waals surface area (Å²) in [6.45, 7) is 0. The third kappa shape index (κ3) is 2.49. The van der Waals surface area contributed by atoms with Gasteiger partial charge in [-0.3, -0.25) is 0 Å². The van der Waals surface area contributed by atoms with E-state index < -0.39 is 0 Å². The van der Waals surface area contributed by atoms with Gasteiger partial charge < -0.3 is 27.8 Å². The van der Waals surface area contributed by atoms with Crippen LogP contribution < -0.4 is 22.7 Å². The van der Waals surface area contributed by atoms with E-state index in [-0.39, 0.29) is 22.7 Å². The van der Waals surface area contributed by atoms with E-state index in [1.807, 2.05) is 6.07 Å². The number of rotatable bonds is 0. The van der Waals surface area contributed by atoms with Gasteiger partial charge in [-0.15, -0.1) is 0 Å². The van der Waals surface area contributed by atoms with Gasteiger partial charge in [0, 0.05) is 6.07 Å². The molecule has 1 aromatic carbocycles. The second kappa shape index (κ2) is 3.48. The number of halogens is 1. The van der Waals surface area contributed by atoms with Gasteiger partial charge >= 0.3 is 0 Å². The second-order valence-electron chi connectivity index (χ2n) is 1.67. The van der Waals surface area contributed by atoms with E-state index in [1.54, 1.807) is 18.2 Å². The first-order valence-electron chi connectivity index (χ1n) is 2.40. The summed E-state index contributed by atoms with van der Waals surface area (Å²) in [6.07, 6.45) is 0. The number of benzene rings is 1. The van der Waals surface area contributed by atoms with Crippen LogP contribution in [-0.4, -0.2) is 5.11 Å². The summed E-state index contributed by atoms with van der Waals surface area (Å²) in [5.74, 6) is 0.275. The summed E-state index contributed by atoms with van der Waals surface area (Å²) >= 11 is 0. The Balaban J connectivity index is 0.000000640. The molecule has 0 amide bonds. The molecule has 9 heavy (non-hydrogen) atoms. The summed E-state index contributed by atoms with van der Waals surface area (Å²) in [4.78, 5) is 0. The van der Waals surface area contributed by atoms with Crippen LogP contribution in [-0.2, 0) is 0 Å². The third-order valence-corrected chi connectivity index (χ3v) is 0.911. The molecule has 1 rings (SSSR count). The van der Waals surface area contributed by atoms with E-state index in [2.05, 4.69) is 5.73 Å². The molecule has 0 spiro atoms. The van der Waals surface area contributed by atoms with Gasteiger partial charge in [0.2, 0.25) is 0 Å². The molecule has 1 aromatic rings. The van der Waals surface area contributed by atoms with E-state index in [0.29, 0.717) is 0 Å². The number of phenolic OH excluding ortho intramolecular Hbond substituents is 1. The van der Waals surface area contributed by atoms with Crippen LogP contribution in [0.4, 0.5) is 5.69 Å². The normalized spacial score (nSPS) is 8.11. The molecular weight excluding hydrogens is 182 g/mol. The first kappa shape index (κ1) is 8.46. The van der Waals surface area contributed by atoms with Crippen LogP contribution in [0.25, 0.3) is 0 Å². The van der Waals surface area contributed by atoms with E-state index in [9.17, 15) is 0 Å². The van der Waals surface area contributed by atoms with E-state index in [1.165, 1.54) is 0 Å². The van der Waals surface area contributed by atoms with Crippen LogP contribution >= 0.6 is 0 Å². The van der Waals surface area contributed by atoms with Gasteiger partial charge in [-0.1, -0.05) is 6.07 Å². The lowest BCUT2D eigenvalue weighted by atomic mass is 10.3. The molecule has 0 fully saturated rings. The molecular formula is C6H8BrNO. The van der Waals surface area contributed by atoms with Crippen molar-refractivity contribution in [3.63, 3.8) is 0 Å². The quantitative estimate of drug-likeness (QED) is 0.458. The van der Waals surface area contributed by atoms with Gasteiger partial charge in [-0.2, -0.15) is 0 Å². The largest absolute Gasteiger partial charge is 1.00 e. The Bertz CT molecular complexity index is 173. The Kier molecular flexibility index (Phi) is 3.27. The summed E-state index contributed by atoms with van der Waals surface area (Å²) in [6, 6.07) is 6.83. The van der Waals surface area contributed by atoms with E-state index >= 15 is 0 Å². The number of hydrogen-bond donors (Lipinski definition) is 2. The molecule has 0 atom stereocenters. The Morgan fingerprint density at radius 2 is 2.00 bits per heavy atom. The first-order chi connectivity index (χ1) is 3.79. The van der Waals surface area contributed by atoms with Gasteiger partial charge in [-0.25, -0.2) is 0 Å². The van der Waals surface area contributed by atoms with Gasteiger partial charge in [0.25, 0.3) is 0 Å². The monoisotopic (exact) mass is 189 g/mol. The minimum absolute atomic E-state index is 0. The highest BCUT2D eigenvalue weighted by atomic mass is 79.9. The Morgan fingerprint density at radius 1 is 1.33 bits per heavy atom. The number of hydrogen-bond acceptors (Lipinski definition) is 1. The zero-order valence-corrected chi connectivity index (χ0v) is 6.43. The van der Waals surface area contributed by atoms with Crippen LogP contribution in [0.3, 0.4) is 0 Å². The minimum Gasteiger partial charge on any atom is -1.00 e. The lowest BCUT2D eigenvalue weighted by molar-refractivity contribution is -0.254. The Hall–Kier alpha value is -0.540. The van der Waals surface area contributed by atoms with Gasteiger partial charge in [0.1, 0.15) is 11.4 Å². The van der Waals surface area contributed by atoms with Crippen molar-refractivity contribution in [2.24, 2.45) is 0 Å². The highest BCUT2D eigenvalue weighted by Crippen LogP contribution is 2.09. The molecule has 0 saturated heterocycles. The topological polar surface area (TPSA) is 47.9 Å². The smallest absolute Gasteiger partial charge is 0.131 e. The molecule has 4 N–H and O–H groups in total. The standard InChI is InChI=1S/C6H7NO.BrH/c7-5-2-1-3-6(8)4-5;/h1-4,8H,7H2;1H. The molecule has 3 heteroatoms. The number of aromatic hydroxyl groups is 1. The van der Waals surface area contributed by atoms with Crippen molar-refractivity contribution in [1.29, 1.82) is 0 Å². The highest BCUT2D eigenvalue weighted by Gasteiger charge is 1.87. The maximum absolute atomic E-state index is 8.77. The molecule has 0 heterocycles. The fourth-order valence-corrected chi connectivity index (χ4v) is 0.556. The molecule has 2 nitrogen and oxygen atoms in total. The molecule has 0 aliphatic heterocycles. The number of phenols is 1. The van der Waals surface area contributed by atoms with E-state index in [0.717, 1.165) is 5.69 Å². The molecule has 0 aliphatic rings. The summed E-state index contributed by atoms with van der Waals surface area (Å²) < 4.78 is 0. The second-order valence-corrected chi connectivity index (χ2v) is 1.67. The van der Waals surface area contributed by atoms with Crippen LogP contribution in [0.15, 0.2) is 24.3 Å². The molecule has 0 bridgehead atoms. The third-order valence-electron chi connectivity index (χ3n) is 0.911. The van der Waals surface area contributed by atoms with Crippen LogP contribution in [0.1, 0.15) is 0 Å². The molecule has 50 valence electrons. The number of quaternary nitrogens is 1. The minimum atomic E-state index is 0. The molecule has 0 aromatic heterocycles. The van der Waals surface area contributed by atoms with E-state index in [4.69, 9.17) is 5.11 Å². The van der Waals surface area contributed by atoms with Crippen molar-refractivity contribution in [2.75, 3.05) is 0 Å². The van der Waals surface area contributed by atoms with Crippen molar-refractivity contribution in [3.05, 3.63) is 24.3 Å². The van der Waals surface area contributed by atoms with Crippen molar-refractivity contribution in [3.8, 4) is 5.75 Å². The van der Waals surface area contributed by atoms with Crippen molar-refractivity contribution in [1.82, 2.24) is 0 Å². The summed E-state index contributed by atoms with van der Waals surface area (Å²) in [5, 5.41) is 8.77. The lowest BCUT2D eigenvalue weighted by Gasteiger charge is -1.86. The van der Waals surface area contributed by atoms with Crippen LogP contribution in [0.2, 0.25) is 0 Å². The SMILES string of the molecule is [Br-].[NH3+]c1cccc(O)c1. The summed E-state index contributed by atoms with van der Waals surface area (Å²) in [5.41, 5.74) is 4.46. The van der Waals surface area contributed by atoms with Crippen LogP contribution in [0, 0.1) is 0 Å². The van der Waals surface area contributed by atoms with Crippen molar-refractivity contribution >= 4 is 5.69 Å². The summed E-state index contributed by atoms with van der Waals surface area (Å²) in [7, 11) is 0. The first-order valence-corrected chi connectivity index (χ1v) is 2.40. The molecule has 0 radical (unpaired) electrons. The maximum Gasteiger partial charge on any atom is 0.131 e. The zero-order valence-electron chi connectivity index (χ0n) is 4.84. The molecule has 0 saturated carbocycles. The average molecular weight is 190 g/mol. The maximum atomic E-state index is 8.77. The molecule has 0 unspecified atom stereocenters. The fraction of sp³-hybridized carbons (Fsp3) is 0. The van der Waals surface area contributed by atoms with Crippen molar-refractivity contribution < 1.29 is 27.8 Å². The van der Waals surface area contributed by atoms with Gasteiger partial charge in [0.05, 0.1) is 0 Å². The predicted molar refractivity (Wildman–Crippen MR) is 30.7 cm³/mol. The Labute approximate surface area is 64.1 Å².